The first-order valence-electron chi connectivity index (χ1n) is 7.78. The summed E-state index contributed by atoms with van der Waals surface area (Å²) in [6.45, 7) is 3.92. The second-order valence-corrected chi connectivity index (χ2v) is 5.99. The first-order chi connectivity index (χ1) is 11.6. The van der Waals surface area contributed by atoms with Crippen molar-refractivity contribution in [2.45, 2.75) is 20.4 Å². The number of benzene rings is 2. The summed E-state index contributed by atoms with van der Waals surface area (Å²) in [4.78, 5) is 29.0. The normalized spacial score (nSPS) is 16.7. The van der Waals surface area contributed by atoms with Gasteiger partial charge in [0.2, 0.25) is 5.78 Å². The van der Waals surface area contributed by atoms with Crippen LogP contribution in [0.5, 0.6) is 5.75 Å². The maximum absolute atomic E-state index is 12.6. The van der Waals surface area contributed by atoms with Crippen LogP contribution in [-0.2, 0) is 6.54 Å². The summed E-state index contributed by atoms with van der Waals surface area (Å²) >= 11 is 0. The molecular formula is C20H15NO3. The number of ketones is 2. The Balaban J connectivity index is 1.77. The highest BCUT2D eigenvalue weighted by Gasteiger charge is 2.32. The van der Waals surface area contributed by atoms with E-state index in [4.69, 9.17) is 4.74 Å². The van der Waals surface area contributed by atoms with E-state index in [-0.39, 0.29) is 17.3 Å². The van der Waals surface area contributed by atoms with Gasteiger partial charge in [0.1, 0.15) is 5.75 Å². The number of aryl methyl sites for hydroxylation is 1. The molecule has 2 aromatic carbocycles. The summed E-state index contributed by atoms with van der Waals surface area (Å²) in [5.74, 6) is 0.265. The highest BCUT2D eigenvalue weighted by atomic mass is 16.5. The molecule has 4 heteroatoms. The minimum Gasteiger partial charge on any atom is -0.452 e. The van der Waals surface area contributed by atoms with E-state index in [1.54, 1.807) is 18.2 Å². The molecule has 4 rings (SSSR count). The highest BCUT2D eigenvalue weighted by Crippen LogP contribution is 2.37. The van der Waals surface area contributed by atoms with Gasteiger partial charge in [-0.25, -0.2) is 0 Å². The topological polar surface area (TPSA) is 55.7 Å². The van der Waals surface area contributed by atoms with Crippen molar-refractivity contribution >= 4 is 17.3 Å². The van der Waals surface area contributed by atoms with Gasteiger partial charge in [0, 0.05) is 11.6 Å². The molecule has 2 aliphatic rings. The van der Waals surface area contributed by atoms with E-state index in [9.17, 15) is 9.59 Å². The fourth-order valence-corrected chi connectivity index (χ4v) is 3.20. The monoisotopic (exact) mass is 317 g/mol. The molecule has 0 aromatic heterocycles. The Morgan fingerprint density at radius 1 is 1.17 bits per heavy atom. The van der Waals surface area contributed by atoms with Crippen molar-refractivity contribution in [1.82, 2.24) is 0 Å². The number of hydrogen-bond donors (Lipinski definition) is 0. The molecule has 0 amide bonds. The molecule has 2 aromatic rings. The van der Waals surface area contributed by atoms with Gasteiger partial charge in [-0.05, 0) is 31.0 Å². The zero-order chi connectivity index (χ0) is 16.8. The number of nitrogens with zero attached hydrogens (tertiary/aromatic N) is 1. The van der Waals surface area contributed by atoms with Crippen molar-refractivity contribution in [3.8, 4) is 5.75 Å². The van der Waals surface area contributed by atoms with Crippen LogP contribution in [0, 0.1) is 6.92 Å². The van der Waals surface area contributed by atoms with Crippen molar-refractivity contribution in [3.05, 3.63) is 76.1 Å². The average Bonchev–Trinajstić information content (AvgIpc) is 3.10. The SMILES string of the molecule is CC(=O)c1c(C)ccc2c1O/C(=C\C1=NCc3ccccc31)C2=O. The summed E-state index contributed by atoms with van der Waals surface area (Å²) in [5, 5.41) is 0. The Morgan fingerprint density at radius 3 is 2.75 bits per heavy atom. The van der Waals surface area contributed by atoms with E-state index in [1.807, 2.05) is 31.2 Å². The predicted octanol–water partition coefficient (Wildman–Crippen LogP) is 3.66. The molecule has 0 unspecified atom stereocenters. The Labute approximate surface area is 139 Å². The van der Waals surface area contributed by atoms with Gasteiger partial charge in [0.25, 0.3) is 0 Å². The molecule has 0 saturated heterocycles. The van der Waals surface area contributed by atoms with Crippen LogP contribution in [0.3, 0.4) is 0 Å². The molecule has 2 heterocycles. The third kappa shape index (κ3) is 2.11. The fraction of sp³-hybridized carbons (Fsp3) is 0.150. The quantitative estimate of drug-likeness (QED) is 0.627. The van der Waals surface area contributed by atoms with Crippen molar-refractivity contribution in [1.29, 1.82) is 0 Å². The average molecular weight is 317 g/mol. The van der Waals surface area contributed by atoms with Gasteiger partial charge >= 0.3 is 0 Å². The van der Waals surface area contributed by atoms with E-state index < -0.39 is 0 Å². The van der Waals surface area contributed by atoms with E-state index in [0.717, 1.165) is 22.4 Å². The first kappa shape index (κ1) is 14.6. The lowest BCUT2D eigenvalue weighted by atomic mass is 9.99. The second kappa shape index (κ2) is 5.27. The third-order valence-corrected chi connectivity index (χ3v) is 4.38. The fourth-order valence-electron chi connectivity index (χ4n) is 3.20. The van der Waals surface area contributed by atoms with Gasteiger partial charge in [-0.3, -0.25) is 14.6 Å². The number of aliphatic imine (C=N–C) groups is 1. The summed E-state index contributed by atoms with van der Waals surface area (Å²) in [5.41, 5.74) is 4.59. The van der Waals surface area contributed by atoms with Crippen LogP contribution in [0.1, 0.15) is 44.3 Å². The Morgan fingerprint density at radius 2 is 1.96 bits per heavy atom. The first-order valence-corrected chi connectivity index (χ1v) is 7.78. The van der Waals surface area contributed by atoms with E-state index in [1.165, 1.54) is 6.92 Å². The van der Waals surface area contributed by atoms with Gasteiger partial charge in [-0.2, -0.15) is 0 Å². The zero-order valence-corrected chi connectivity index (χ0v) is 13.4. The summed E-state index contributed by atoms with van der Waals surface area (Å²) < 4.78 is 5.78. The maximum Gasteiger partial charge on any atom is 0.232 e. The molecule has 0 aliphatic carbocycles. The van der Waals surface area contributed by atoms with Gasteiger partial charge in [-0.15, -0.1) is 0 Å². The number of allylic oxidation sites excluding steroid dienone is 2. The minimum absolute atomic E-state index is 0.109. The molecule has 0 fully saturated rings. The van der Waals surface area contributed by atoms with Crippen LogP contribution < -0.4 is 4.74 Å². The highest BCUT2D eigenvalue weighted by molar-refractivity contribution is 6.20. The minimum atomic E-state index is -0.209. The van der Waals surface area contributed by atoms with Crippen LogP contribution in [0.2, 0.25) is 0 Å². The lowest BCUT2D eigenvalue weighted by molar-refractivity contribution is 0.0999. The molecule has 24 heavy (non-hydrogen) atoms. The summed E-state index contributed by atoms with van der Waals surface area (Å²) in [6, 6.07) is 11.4. The molecule has 0 atom stereocenters. The second-order valence-electron chi connectivity index (χ2n) is 5.99. The molecule has 0 saturated carbocycles. The lowest BCUT2D eigenvalue weighted by Crippen LogP contribution is -2.03. The molecule has 0 spiro atoms. The Hall–Kier alpha value is -3.01. The van der Waals surface area contributed by atoms with Crippen LogP contribution >= 0.6 is 0 Å². The summed E-state index contributed by atoms with van der Waals surface area (Å²) in [7, 11) is 0. The number of rotatable bonds is 2. The molecule has 2 aliphatic heterocycles. The number of carbonyl (C=O) groups is 2. The third-order valence-electron chi connectivity index (χ3n) is 4.38. The molecule has 0 N–H and O–H groups in total. The number of ether oxygens (including phenoxy) is 1. The van der Waals surface area contributed by atoms with Gasteiger partial charge in [-0.1, -0.05) is 30.3 Å². The zero-order valence-electron chi connectivity index (χ0n) is 13.4. The molecule has 118 valence electrons. The Bertz CT molecular complexity index is 967. The van der Waals surface area contributed by atoms with Crippen molar-refractivity contribution < 1.29 is 14.3 Å². The smallest absolute Gasteiger partial charge is 0.232 e. The van der Waals surface area contributed by atoms with E-state index >= 15 is 0 Å². The largest absolute Gasteiger partial charge is 0.452 e. The van der Waals surface area contributed by atoms with E-state index in [0.29, 0.717) is 23.4 Å². The van der Waals surface area contributed by atoms with Crippen LogP contribution in [0.25, 0.3) is 0 Å². The van der Waals surface area contributed by atoms with Crippen LogP contribution in [0.4, 0.5) is 0 Å². The van der Waals surface area contributed by atoms with Crippen molar-refractivity contribution in [2.75, 3.05) is 0 Å². The van der Waals surface area contributed by atoms with E-state index in [2.05, 4.69) is 4.99 Å². The Kier molecular flexibility index (Phi) is 3.20. The molecular weight excluding hydrogens is 302 g/mol. The maximum atomic E-state index is 12.6. The number of Topliss-reactive ketones (excluding diaryl/α,β-unsaturated/α-hetero) is 2. The van der Waals surface area contributed by atoms with Crippen molar-refractivity contribution in [3.63, 3.8) is 0 Å². The molecule has 0 bridgehead atoms. The molecule has 0 radical (unpaired) electrons. The molecule has 4 nitrogen and oxygen atoms in total. The number of fused-ring (bicyclic) bond motifs is 2. The standard InChI is InChI=1S/C20H15NO3/c1-11-7-8-15-19(23)17(24-20(15)18(11)12(2)22)9-16-14-6-4-3-5-13(14)10-21-16/h3-9H,10H2,1-2H3/b17-9-. The van der Waals surface area contributed by atoms with Gasteiger partial charge in [0.05, 0.1) is 23.4 Å². The van der Waals surface area contributed by atoms with Crippen molar-refractivity contribution in [2.24, 2.45) is 4.99 Å². The van der Waals surface area contributed by atoms with Gasteiger partial charge < -0.3 is 4.74 Å². The lowest BCUT2D eigenvalue weighted by Gasteiger charge is -2.07. The van der Waals surface area contributed by atoms with Crippen LogP contribution in [-0.4, -0.2) is 17.3 Å². The number of hydrogen-bond acceptors (Lipinski definition) is 4. The summed E-state index contributed by atoms with van der Waals surface area (Å²) in [6.07, 6.45) is 1.67. The number of carbonyl (C=O) groups excluding carboxylic acids is 2. The predicted molar refractivity (Wildman–Crippen MR) is 90.9 cm³/mol. The van der Waals surface area contributed by atoms with Gasteiger partial charge in [0.15, 0.2) is 11.5 Å². The van der Waals surface area contributed by atoms with Crippen LogP contribution in [0.15, 0.2) is 53.2 Å².